The maximum Gasteiger partial charge on any atom is 0.235 e. The molecule has 0 spiro atoms. The summed E-state index contributed by atoms with van der Waals surface area (Å²) in [5.74, 6) is 0.657. The standard InChI is InChI=1S/C22H16O3/c1-2-12-24-22-20(23)18-13-16-10-6-7-11-17(16)14-19(18)25-21(22)15-8-4-3-5-9-15/h2-11,13-14H,1,12H2. The van der Waals surface area contributed by atoms with Crippen LogP contribution in [0.25, 0.3) is 33.1 Å². The molecule has 0 radical (unpaired) electrons. The van der Waals surface area contributed by atoms with Crippen LogP contribution in [-0.4, -0.2) is 6.61 Å². The SMILES string of the molecule is C=CCOc1c(-c2ccccc2)oc2cc3ccccc3cc2c1=O. The second-order valence-corrected chi connectivity index (χ2v) is 5.75. The third kappa shape index (κ3) is 2.70. The van der Waals surface area contributed by atoms with Crippen LogP contribution < -0.4 is 10.2 Å². The Labute approximate surface area is 144 Å². The van der Waals surface area contributed by atoms with E-state index in [0.29, 0.717) is 16.7 Å². The van der Waals surface area contributed by atoms with E-state index < -0.39 is 0 Å². The Morgan fingerprint density at radius 3 is 2.36 bits per heavy atom. The molecule has 3 heteroatoms. The monoisotopic (exact) mass is 328 g/mol. The normalized spacial score (nSPS) is 10.9. The van der Waals surface area contributed by atoms with E-state index in [1.165, 1.54) is 0 Å². The van der Waals surface area contributed by atoms with Crippen molar-refractivity contribution < 1.29 is 9.15 Å². The summed E-state index contributed by atoms with van der Waals surface area (Å²) in [6.07, 6.45) is 1.61. The average Bonchev–Trinajstić information content (AvgIpc) is 2.66. The minimum absolute atomic E-state index is 0.173. The Hall–Kier alpha value is -3.33. The van der Waals surface area contributed by atoms with Gasteiger partial charge >= 0.3 is 0 Å². The zero-order valence-electron chi connectivity index (χ0n) is 13.6. The van der Waals surface area contributed by atoms with Crippen molar-refractivity contribution >= 4 is 21.7 Å². The number of hydrogen-bond donors (Lipinski definition) is 0. The molecule has 0 unspecified atom stereocenters. The fourth-order valence-corrected chi connectivity index (χ4v) is 2.92. The van der Waals surface area contributed by atoms with Gasteiger partial charge in [-0.05, 0) is 22.9 Å². The lowest BCUT2D eigenvalue weighted by atomic mass is 10.1. The summed E-state index contributed by atoms with van der Waals surface area (Å²) < 4.78 is 11.8. The van der Waals surface area contributed by atoms with Gasteiger partial charge in [0.2, 0.25) is 11.2 Å². The molecule has 1 heterocycles. The smallest absolute Gasteiger partial charge is 0.235 e. The predicted molar refractivity (Wildman–Crippen MR) is 101 cm³/mol. The molecule has 1 aromatic heterocycles. The number of hydrogen-bond acceptors (Lipinski definition) is 3. The molecule has 0 aliphatic heterocycles. The van der Waals surface area contributed by atoms with Crippen molar-refractivity contribution in [2.45, 2.75) is 0 Å². The summed E-state index contributed by atoms with van der Waals surface area (Å²) >= 11 is 0. The Morgan fingerprint density at radius 1 is 0.960 bits per heavy atom. The van der Waals surface area contributed by atoms with Crippen LogP contribution in [0.5, 0.6) is 5.75 Å². The summed E-state index contributed by atoms with van der Waals surface area (Å²) in [5.41, 5.74) is 1.18. The Bertz CT molecular complexity index is 1120. The molecular formula is C22H16O3. The topological polar surface area (TPSA) is 39.4 Å². The van der Waals surface area contributed by atoms with Gasteiger partial charge in [0.25, 0.3) is 0 Å². The first-order valence-corrected chi connectivity index (χ1v) is 8.06. The van der Waals surface area contributed by atoms with E-state index in [9.17, 15) is 4.79 Å². The largest absolute Gasteiger partial charge is 0.482 e. The zero-order valence-corrected chi connectivity index (χ0v) is 13.6. The number of ether oxygens (including phenoxy) is 1. The van der Waals surface area contributed by atoms with E-state index in [1.54, 1.807) is 6.08 Å². The molecule has 4 rings (SSSR count). The molecule has 0 saturated carbocycles. The molecule has 3 nitrogen and oxygen atoms in total. The minimum Gasteiger partial charge on any atom is -0.482 e. The fourth-order valence-electron chi connectivity index (χ4n) is 2.92. The van der Waals surface area contributed by atoms with Gasteiger partial charge < -0.3 is 9.15 Å². The molecule has 0 fully saturated rings. The average molecular weight is 328 g/mol. The van der Waals surface area contributed by atoms with Crippen LogP contribution in [-0.2, 0) is 0 Å². The lowest BCUT2D eigenvalue weighted by molar-refractivity contribution is 0.351. The molecule has 122 valence electrons. The van der Waals surface area contributed by atoms with E-state index in [2.05, 4.69) is 6.58 Å². The summed E-state index contributed by atoms with van der Waals surface area (Å²) in [6, 6.07) is 21.1. The number of benzene rings is 3. The van der Waals surface area contributed by atoms with Crippen LogP contribution in [0.3, 0.4) is 0 Å². The summed E-state index contributed by atoms with van der Waals surface area (Å²) in [4.78, 5) is 13.1. The Balaban J connectivity index is 2.06. The Kier molecular flexibility index (Phi) is 3.82. The zero-order chi connectivity index (χ0) is 17.2. The quantitative estimate of drug-likeness (QED) is 0.383. The van der Waals surface area contributed by atoms with Crippen LogP contribution in [0.1, 0.15) is 0 Å². The van der Waals surface area contributed by atoms with E-state index in [-0.39, 0.29) is 17.8 Å². The maximum atomic E-state index is 13.1. The molecule has 4 aromatic rings. The van der Waals surface area contributed by atoms with Crippen molar-refractivity contribution in [3.63, 3.8) is 0 Å². The van der Waals surface area contributed by atoms with Crippen molar-refractivity contribution in [3.8, 4) is 17.1 Å². The molecule has 0 atom stereocenters. The molecule has 25 heavy (non-hydrogen) atoms. The highest BCUT2D eigenvalue weighted by molar-refractivity contribution is 5.96. The molecule has 0 saturated heterocycles. The highest BCUT2D eigenvalue weighted by atomic mass is 16.5. The van der Waals surface area contributed by atoms with Crippen LogP contribution in [0.15, 0.2) is 88.6 Å². The molecule has 0 aliphatic carbocycles. The molecule has 0 bridgehead atoms. The van der Waals surface area contributed by atoms with E-state index in [0.717, 1.165) is 16.3 Å². The first kappa shape index (κ1) is 15.2. The van der Waals surface area contributed by atoms with Crippen LogP contribution >= 0.6 is 0 Å². The summed E-state index contributed by atoms with van der Waals surface area (Å²) in [6.45, 7) is 3.89. The highest BCUT2D eigenvalue weighted by Gasteiger charge is 2.17. The van der Waals surface area contributed by atoms with E-state index in [4.69, 9.17) is 9.15 Å². The number of fused-ring (bicyclic) bond motifs is 2. The van der Waals surface area contributed by atoms with Crippen molar-refractivity contribution in [1.82, 2.24) is 0 Å². The lowest BCUT2D eigenvalue weighted by Crippen LogP contribution is -2.10. The third-order valence-electron chi connectivity index (χ3n) is 4.10. The highest BCUT2D eigenvalue weighted by Crippen LogP contribution is 2.32. The van der Waals surface area contributed by atoms with Gasteiger partial charge in [0.15, 0.2) is 5.76 Å². The van der Waals surface area contributed by atoms with E-state index in [1.807, 2.05) is 66.7 Å². The number of rotatable bonds is 4. The van der Waals surface area contributed by atoms with Gasteiger partial charge in [0, 0.05) is 5.56 Å². The van der Waals surface area contributed by atoms with Crippen molar-refractivity contribution in [3.05, 3.63) is 89.6 Å². The molecular weight excluding hydrogens is 312 g/mol. The van der Waals surface area contributed by atoms with Crippen LogP contribution in [0.4, 0.5) is 0 Å². The van der Waals surface area contributed by atoms with Gasteiger partial charge in [-0.15, -0.1) is 0 Å². The summed E-state index contributed by atoms with van der Waals surface area (Å²) in [7, 11) is 0. The van der Waals surface area contributed by atoms with Crippen LogP contribution in [0.2, 0.25) is 0 Å². The van der Waals surface area contributed by atoms with Gasteiger partial charge in [-0.1, -0.05) is 67.3 Å². The molecule has 0 amide bonds. The first-order chi connectivity index (χ1) is 12.3. The predicted octanol–water partition coefficient (Wildman–Crippen LogP) is 5.18. The molecule has 0 N–H and O–H groups in total. The van der Waals surface area contributed by atoms with Crippen molar-refractivity contribution in [2.75, 3.05) is 6.61 Å². The lowest BCUT2D eigenvalue weighted by Gasteiger charge is -2.11. The van der Waals surface area contributed by atoms with Gasteiger partial charge in [-0.3, -0.25) is 4.79 Å². The fraction of sp³-hybridized carbons (Fsp3) is 0.0455. The van der Waals surface area contributed by atoms with Crippen LogP contribution in [0, 0.1) is 0 Å². The van der Waals surface area contributed by atoms with Gasteiger partial charge in [-0.2, -0.15) is 0 Å². The van der Waals surface area contributed by atoms with Crippen molar-refractivity contribution in [1.29, 1.82) is 0 Å². The van der Waals surface area contributed by atoms with Gasteiger partial charge in [0.1, 0.15) is 12.2 Å². The van der Waals surface area contributed by atoms with Gasteiger partial charge in [0.05, 0.1) is 5.39 Å². The van der Waals surface area contributed by atoms with Gasteiger partial charge in [-0.25, -0.2) is 0 Å². The maximum absolute atomic E-state index is 13.1. The van der Waals surface area contributed by atoms with E-state index >= 15 is 0 Å². The third-order valence-corrected chi connectivity index (χ3v) is 4.10. The second-order valence-electron chi connectivity index (χ2n) is 5.75. The minimum atomic E-state index is -0.173. The Morgan fingerprint density at radius 2 is 1.64 bits per heavy atom. The summed E-state index contributed by atoms with van der Waals surface area (Å²) in [5, 5.41) is 2.53. The molecule has 0 aliphatic rings. The van der Waals surface area contributed by atoms with Crippen molar-refractivity contribution in [2.24, 2.45) is 0 Å². The first-order valence-electron chi connectivity index (χ1n) is 8.06. The molecule has 3 aromatic carbocycles. The second kappa shape index (κ2) is 6.29.